The van der Waals surface area contributed by atoms with Crippen LogP contribution < -0.4 is 5.73 Å². The van der Waals surface area contributed by atoms with Gasteiger partial charge >= 0.3 is 0 Å². The molecule has 4 aromatic rings. The van der Waals surface area contributed by atoms with Crippen molar-refractivity contribution in [3.05, 3.63) is 113 Å². The Balaban J connectivity index is 0.000000153. The van der Waals surface area contributed by atoms with E-state index in [0.29, 0.717) is 12.1 Å². The van der Waals surface area contributed by atoms with Gasteiger partial charge in [0.05, 0.1) is 0 Å². The van der Waals surface area contributed by atoms with Crippen LogP contribution in [0, 0.1) is 0 Å². The van der Waals surface area contributed by atoms with E-state index in [4.69, 9.17) is 5.73 Å². The number of nitrogens with two attached hydrogens (primary N) is 1. The van der Waals surface area contributed by atoms with Crippen molar-refractivity contribution in [3.8, 4) is 22.3 Å². The Labute approximate surface area is 219 Å². The maximum atomic E-state index is 12.2. The molecule has 2 N–H and O–H groups in total. The number of halogens is 1. The van der Waals surface area contributed by atoms with Gasteiger partial charge in [0.2, 0.25) is 5.24 Å². The van der Waals surface area contributed by atoms with Crippen molar-refractivity contribution in [2.45, 2.75) is 20.3 Å². The number of nitrogen functional groups attached to an aromatic ring is 1. The number of Topliss-reactive ketones (excluding diaryl/α,β-unsaturated/α-hetero) is 1. The van der Waals surface area contributed by atoms with Crippen LogP contribution >= 0.6 is 11.6 Å². The number of hydrogen-bond acceptors (Lipinski definition) is 5. The summed E-state index contributed by atoms with van der Waals surface area (Å²) in [5.74, 6) is 0.247. The molecule has 2 aliphatic rings. The van der Waals surface area contributed by atoms with Crippen molar-refractivity contribution < 1.29 is 19.2 Å². The van der Waals surface area contributed by atoms with Crippen LogP contribution in [0.1, 0.15) is 51.3 Å². The molecule has 0 spiro atoms. The quantitative estimate of drug-likeness (QED) is 0.219. The molecule has 5 nitrogen and oxygen atoms in total. The summed E-state index contributed by atoms with van der Waals surface area (Å²) in [6.07, 6.45) is 0.386. The summed E-state index contributed by atoms with van der Waals surface area (Å²) < 4.78 is 0. The van der Waals surface area contributed by atoms with Gasteiger partial charge in [0.15, 0.2) is 11.6 Å². The second-order valence-corrected chi connectivity index (χ2v) is 9.32. The summed E-state index contributed by atoms with van der Waals surface area (Å²) in [6, 6.07) is 26.5. The minimum absolute atomic E-state index is 0.0611. The molecular weight excluding hydrogens is 486 g/mol. The van der Waals surface area contributed by atoms with Gasteiger partial charge in [0, 0.05) is 41.3 Å². The second kappa shape index (κ2) is 10.7. The number of benzene rings is 4. The van der Waals surface area contributed by atoms with E-state index < -0.39 is 0 Å². The van der Waals surface area contributed by atoms with E-state index in [1.165, 1.54) is 6.92 Å². The number of fused-ring (bicyclic) bond motifs is 6. The van der Waals surface area contributed by atoms with Crippen LogP contribution in [0.5, 0.6) is 0 Å². The Morgan fingerprint density at radius 3 is 1.51 bits per heavy atom. The summed E-state index contributed by atoms with van der Waals surface area (Å²) in [4.78, 5) is 44.6. The molecular formula is C31H24ClNO4. The first-order valence-corrected chi connectivity index (χ1v) is 12.0. The van der Waals surface area contributed by atoms with Crippen LogP contribution in [-0.4, -0.2) is 22.6 Å². The van der Waals surface area contributed by atoms with Crippen LogP contribution in [0.4, 0.5) is 5.69 Å². The molecule has 0 bridgehead atoms. The second-order valence-electron chi connectivity index (χ2n) is 8.78. The number of hydrogen-bond donors (Lipinski definition) is 1. The van der Waals surface area contributed by atoms with Crippen molar-refractivity contribution in [3.63, 3.8) is 0 Å². The van der Waals surface area contributed by atoms with Gasteiger partial charge in [-0.25, -0.2) is 0 Å². The van der Waals surface area contributed by atoms with Gasteiger partial charge in [-0.05, 0) is 64.5 Å². The van der Waals surface area contributed by atoms with Crippen molar-refractivity contribution >= 4 is 39.9 Å². The number of carbonyl (C=O) groups is 4. The number of anilines is 1. The van der Waals surface area contributed by atoms with Gasteiger partial charge in [0.1, 0.15) is 5.78 Å². The fourth-order valence-corrected chi connectivity index (χ4v) is 4.52. The lowest BCUT2D eigenvalue weighted by atomic mass is 10.0. The van der Waals surface area contributed by atoms with Crippen LogP contribution in [0.3, 0.4) is 0 Å². The maximum Gasteiger partial charge on any atom is 0.218 e. The standard InChI is InChI=1S/C16H12O2.C13H9NO.C2H3ClO/c1-10(17)8-11-6-7-13-12-4-2-3-5-14(12)16(18)15(13)9-11;14-8-5-6-10-9-3-1-2-4-11(9)13(15)12(10)7-8;1-2(3)4/h2-7,9H,8H2,1H3;1-7H,14H2;1H3. The molecule has 0 amide bonds. The third kappa shape index (κ3) is 5.42. The van der Waals surface area contributed by atoms with Gasteiger partial charge in [-0.3, -0.25) is 19.2 Å². The SMILES string of the molecule is CC(=O)Cc1ccc2c(c1)C(=O)c1ccccc1-2.CC(=O)Cl.Nc1ccc2c(c1)C(=O)c1ccccc1-2. The Kier molecular flexibility index (Phi) is 7.46. The fourth-order valence-electron chi connectivity index (χ4n) is 4.52. The average Bonchev–Trinajstić information content (AvgIpc) is 3.30. The maximum absolute atomic E-state index is 12.2. The normalized spacial score (nSPS) is 11.6. The molecule has 2 aliphatic carbocycles. The molecule has 0 heterocycles. The highest BCUT2D eigenvalue weighted by Crippen LogP contribution is 2.38. The molecule has 0 radical (unpaired) electrons. The molecule has 6 rings (SSSR count). The summed E-state index contributed by atoms with van der Waals surface area (Å²) in [6.45, 7) is 2.85. The minimum atomic E-state index is -0.361. The van der Waals surface area contributed by atoms with Crippen molar-refractivity contribution in [2.75, 3.05) is 5.73 Å². The van der Waals surface area contributed by atoms with E-state index >= 15 is 0 Å². The molecule has 0 fully saturated rings. The number of carbonyl (C=O) groups excluding carboxylic acids is 4. The van der Waals surface area contributed by atoms with Gasteiger partial charge < -0.3 is 5.73 Å². The highest BCUT2D eigenvalue weighted by molar-refractivity contribution is 6.62. The predicted octanol–water partition coefficient (Wildman–Crippen LogP) is 6.28. The molecule has 0 atom stereocenters. The highest BCUT2D eigenvalue weighted by Gasteiger charge is 2.27. The molecule has 6 heteroatoms. The zero-order chi connectivity index (χ0) is 26.7. The average molecular weight is 510 g/mol. The van der Waals surface area contributed by atoms with E-state index in [-0.39, 0.29) is 22.6 Å². The lowest BCUT2D eigenvalue weighted by Crippen LogP contribution is -1.99. The zero-order valence-electron chi connectivity index (χ0n) is 20.4. The third-order valence-corrected chi connectivity index (χ3v) is 5.99. The third-order valence-electron chi connectivity index (χ3n) is 5.99. The summed E-state index contributed by atoms with van der Waals surface area (Å²) in [5, 5.41) is -0.361. The summed E-state index contributed by atoms with van der Waals surface area (Å²) >= 11 is 4.64. The summed E-state index contributed by atoms with van der Waals surface area (Å²) in [7, 11) is 0. The van der Waals surface area contributed by atoms with E-state index in [2.05, 4.69) is 11.6 Å². The zero-order valence-corrected chi connectivity index (χ0v) is 21.1. The van der Waals surface area contributed by atoms with Crippen molar-refractivity contribution in [2.24, 2.45) is 0 Å². The van der Waals surface area contributed by atoms with Gasteiger partial charge in [-0.15, -0.1) is 0 Å². The lowest BCUT2D eigenvalue weighted by molar-refractivity contribution is -0.116. The highest BCUT2D eigenvalue weighted by atomic mass is 35.5. The minimum Gasteiger partial charge on any atom is -0.399 e. The molecule has 0 saturated carbocycles. The molecule has 184 valence electrons. The molecule has 0 aliphatic heterocycles. The van der Waals surface area contributed by atoms with Crippen LogP contribution in [0.2, 0.25) is 0 Å². The molecule has 0 saturated heterocycles. The Morgan fingerprint density at radius 2 is 1.03 bits per heavy atom. The van der Waals surface area contributed by atoms with E-state index in [0.717, 1.165) is 50.1 Å². The lowest BCUT2D eigenvalue weighted by Gasteiger charge is -2.02. The first kappa shape index (κ1) is 25.7. The predicted molar refractivity (Wildman–Crippen MR) is 146 cm³/mol. The number of ketones is 3. The molecule has 0 unspecified atom stereocenters. The van der Waals surface area contributed by atoms with E-state index in [1.54, 1.807) is 13.0 Å². The first-order valence-electron chi connectivity index (χ1n) is 11.6. The monoisotopic (exact) mass is 509 g/mol. The van der Waals surface area contributed by atoms with Crippen LogP contribution in [0.15, 0.2) is 84.9 Å². The molecule has 4 aromatic carbocycles. The fraction of sp³-hybridized carbons (Fsp3) is 0.0968. The van der Waals surface area contributed by atoms with Crippen molar-refractivity contribution in [1.29, 1.82) is 0 Å². The van der Waals surface area contributed by atoms with Gasteiger partial charge in [0.25, 0.3) is 0 Å². The molecule has 0 aromatic heterocycles. The smallest absolute Gasteiger partial charge is 0.218 e. The van der Waals surface area contributed by atoms with E-state index in [9.17, 15) is 19.2 Å². The van der Waals surface area contributed by atoms with Crippen LogP contribution in [0.25, 0.3) is 22.3 Å². The Bertz CT molecular complexity index is 1570. The molecule has 37 heavy (non-hydrogen) atoms. The van der Waals surface area contributed by atoms with Crippen LogP contribution in [-0.2, 0) is 16.0 Å². The van der Waals surface area contributed by atoms with Gasteiger partial charge in [-0.2, -0.15) is 0 Å². The van der Waals surface area contributed by atoms with Gasteiger partial charge in [-0.1, -0.05) is 66.7 Å². The summed E-state index contributed by atoms with van der Waals surface area (Å²) in [5.41, 5.74) is 14.2. The van der Waals surface area contributed by atoms with E-state index in [1.807, 2.05) is 78.9 Å². The largest absolute Gasteiger partial charge is 0.399 e. The Hall–Kier alpha value is -4.35. The topological polar surface area (TPSA) is 94.3 Å². The Morgan fingerprint density at radius 1 is 0.622 bits per heavy atom. The number of rotatable bonds is 2. The van der Waals surface area contributed by atoms with Crippen molar-refractivity contribution in [1.82, 2.24) is 0 Å². The first-order chi connectivity index (χ1) is 17.7.